The van der Waals surface area contributed by atoms with E-state index in [0.717, 1.165) is 6.54 Å². The van der Waals surface area contributed by atoms with Crippen molar-refractivity contribution in [2.75, 3.05) is 13.1 Å². The summed E-state index contributed by atoms with van der Waals surface area (Å²) < 4.78 is 0. The van der Waals surface area contributed by atoms with E-state index in [4.69, 9.17) is 0 Å². The Labute approximate surface area is 102 Å². The fraction of sp³-hybridized carbons (Fsp3) is 0.833. The van der Waals surface area contributed by atoms with E-state index in [1.807, 2.05) is 0 Å². The van der Waals surface area contributed by atoms with Crippen LogP contribution in [0.3, 0.4) is 0 Å². The molecular formula is C12H21N3O2. The molecule has 2 saturated heterocycles. The zero-order valence-electron chi connectivity index (χ0n) is 10.3. The molecule has 3 N–H and O–H groups in total. The molecule has 2 aliphatic rings. The van der Waals surface area contributed by atoms with Crippen LogP contribution in [0.25, 0.3) is 0 Å². The second kappa shape index (κ2) is 5.49. The Bertz CT molecular complexity index is 306. The van der Waals surface area contributed by atoms with Crippen LogP contribution in [-0.4, -0.2) is 37.0 Å². The van der Waals surface area contributed by atoms with Crippen LogP contribution in [-0.2, 0) is 9.59 Å². The average Bonchev–Trinajstić information content (AvgIpc) is 2.67. The highest BCUT2D eigenvalue weighted by Gasteiger charge is 2.26. The van der Waals surface area contributed by atoms with Crippen LogP contribution in [0.5, 0.6) is 0 Å². The first-order chi connectivity index (χ1) is 8.15. The van der Waals surface area contributed by atoms with Gasteiger partial charge in [-0.1, -0.05) is 6.92 Å². The summed E-state index contributed by atoms with van der Waals surface area (Å²) in [6.07, 6.45) is 3.32. The van der Waals surface area contributed by atoms with E-state index in [-0.39, 0.29) is 23.9 Å². The predicted octanol–water partition coefficient (Wildman–Crippen LogP) is -0.231. The summed E-state index contributed by atoms with van der Waals surface area (Å²) >= 11 is 0. The molecule has 5 nitrogen and oxygen atoms in total. The molecule has 0 aromatic heterocycles. The molecule has 3 atom stereocenters. The van der Waals surface area contributed by atoms with Gasteiger partial charge in [0.05, 0.1) is 6.04 Å². The maximum absolute atomic E-state index is 11.8. The van der Waals surface area contributed by atoms with E-state index < -0.39 is 0 Å². The number of amides is 2. The lowest BCUT2D eigenvalue weighted by Gasteiger charge is -2.29. The summed E-state index contributed by atoms with van der Waals surface area (Å²) in [6, 6.07) is 0.266. The molecular weight excluding hydrogens is 218 g/mol. The number of carbonyl (C=O) groups is 2. The molecule has 0 spiro atoms. The lowest BCUT2D eigenvalue weighted by Crippen LogP contribution is -2.45. The maximum Gasteiger partial charge on any atom is 0.222 e. The molecule has 96 valence electrons. The van der Waals surface area contributed by atoms with Crippen LogP contribution in [0.2, 0.25) is 0 Å². The van der Waals surface area contributed by atoms with Crippen molar-refractivity contribution in [3.05, 3.63) is 0 Å². The second-order valence-corrected chi connectivity index (χ2v) is 5.16. The highest BCUT2D eigenvalue weighted by molar-refractivity contribution is 5.82. The number of hydrogen-bond donors (Lipinski definition) is 3. The maximum atomic E-state index is 11.8. The third kappa shape index (κ3) is 3.43. The SMILES string of the molecule is CC1CCCNC1CC(=O)NC1CNC(=O)C1. The molecule has 3 unspecified atom stereocenters. The molecule has 0 saturated carbocycles. The highest BCUT2D eigenvalue weighted by atomic mass is 16.2. The highest BCUT2D eigenvalue weighted by Crippen LogP contribution is 2.17. The number of hydrogen-bond acceptors (Lipinski definition) is 3. The van der Waals surface area contributed by atoms with Gasteiger partial charge in [0, 0.05) is 25.4 Å². The Hall–Kier alpha value is -1.10. The summed E-state index contributed by atoms with van der Waals surface area (Å²) in [5.74, 6) is 0.634. The van der Waals surface area contributed by atoms with Crippen molar-refractivity contribution in [1.82, 2.24) is 16.0 Å². The van der Waals surface area contributed by atoms with Crippen LogP contribution in [0.1, 0.15) is 32.6 Å². The Kier molecular flexibility index (Phi) is 3.99. The molecule has 0 aliphatic carbocycles. The minimum absolute atomic E-state index is 0.0195. The third-order valence-corrected chi connectivity index (χ3v) is 3.68. The minimum atomic E-state index is -0.0195. The van der Waals surface area contributed by atoms with Gasteiger partial charge in [-0.15, -0.1) is 0 Å². The van der Waals surface area contributed by atoms with Crippen molar-refractivity contribution >= 4 is 11.8 Å². The first-order valence-electron chi connectivity index (χ1n) is 6.44. The number of nitrogens with one attached hydrogen (secondary N) is 3. The van der Waals surface area contributed by atoms with Crippen molar-refractivity contribution in [1.29, 1.82) is 0 Å². The van der Waals surface area contributed by atoms with Crippen molar-refractivity contribution in [2.24, 2.45) is 5.92 Å². The van der Waals surface area contributed by atoms with Gasteiger partial charge in [-0.25, -0.2) is 0 Å². The summed E-state index contributed by atoms with van der Waals surface area (Å²) in [6.45, 7) is 3.76. The summed E-state index contributed by atoms with van der Waals surface area (Å²) in [5.41, 5.74) is 0. The van der Waals surface area contributed by atoms with Crippen molar-refractivity contribution in [3.63, 3.8) is 0 Å². The van der Waals surface area contributed by atoms with Crippen LogP contribution in [0, 0.1) is 5.92 Å². The first kappa shape index (κ1) is 12.4. The predicted molar refractivity (Wildman–Crippen MR) is 64.4 cm³/mol. The van der Waals surface area contributed by atoms with Gasteiger partial charge in [-0.3, -0.25) is 9.59 Å². The normalized spacial score (nSPS) is 33.2. The van der Waals surface area contributed by atoms with Crippen LogP contribution >= 0.6 is 0 Å². The molecule has 2 fully saturated rings. The average molecular weight is 239 g/mol. The van der Waals surface area contributed by atoms with E-state index in [1.54, 1.807) is 0 Å². The molecule has 17 heavy (non-hydrogen) atoms. The molecule has 0 aromatic rings. The molecule has 2 rings (SSSR count). The van der Waals surface area contributed by atoms with Gasteiger partial charge in [0.25, 0.3) is 0 Å². The number of carbonyl (C=O) groups excluding carboxylic acids is 2. The summed E-state index contributed by atoms with van der Waals surface area (Å²) in [4.78, 5) is 22.8. The topological polar surface area (TPSA) is 70.2 Å². The molecule has 2 amide bonds. The van der Waals surface area contributed by atoms with Gasteiger partial charge in [-0.2, -0.15) is 0 Å². The minimum Gasteiger partial charge on any atom is -0.354 e. The molecule has 5 heteroatoms. The zero-order valence-corrected chi connectivity index (χ0v) is 10.3. The quantitative estimate of drug-likeness (QED) is 0.637. The van der Waals surface area contributed by atoms with Gasteiger partial charge in [0.15, 0.2) is 0 Å². The van der Waals surface area contributed by atoms with E-state index >= 15 is 0 Å². The molecule has 2 heterocycles. The van der Waals surface area contributed by atoms with Crippen molar-refractivity contribution in [3.8, 4) is 0 Å². The lowest BCUT2D eigenvalue weighted by molar-refractivity contribution is -0.122. The third-order valence-electron chi connectivity index (χ3n) is 3.68. The molecule has 2 aliphatic heterocycles. The van der Waals surface area contributed by atoms with Crippen molar-refractivity contribution < 1.29 is 9.59 Å². The number of rotatable bonds is 3. The Morgan fingerprint density at radius 3 is 3.00 bits per heavy atom. The van der Waals surface area contributed by atoms with Gasteiger partial charge in [0.2, 0.25) is 11.8 Å². The second-order valence-electron chi connectivity index (χ2n) is 5.16. The fourth-order valence-electron chi connectivity index (χ4n) is 2.58. The van der Waals surface area contributed by atoms with Gasteiger partial charge < -0.3 is 16.0 Å². The number of piperidine rings is 1. The molecule has 0 aromatic carbocycles. The van der Waals surface area contributed by atoms with Gasteiger partial charge >= 0.3 is 0 Å². The van der Waals surface area contributed by atoms with Crippen LogP contribution in [0.15, 0.2) is 0 Å². The summed E-state index contributed by atoms with van der Waals surface area (Å²) in [5, 5.41) is 9.02. The summed E-state index contributed by atoms with van der Waals surface area (Å²) in [7, 11) is 0. The van der Waals surface area contributed by atoms with Gasteiger partial charge in [-0.05, 0) is 25.3 Å². The smallest absolute Gasteiger partial charge is 0.222 e. The van der Waals surface area contributed by atoms with Crippen LogP contribution < -0.4 is 16.0 Å². The van der Waals surface area contributed by atoms with Crippen molar-refractivity contribution in [2.45, 2.75) is 44.7 Å². The van der Waals surface area contributed by atoms with Crippen LogP contribution in [0.4, 0.5) is 0 Å². The van der Waals surface area contributed by atoms with E-state index in [9.17, 15) is 9.59 Å². The Balaban J connectivity index is 1.74. The largest absolute Gasteiger partial charge is 0.354 e. The molecule has 0 bridgehead atoms. The zero-order chi connectivity index (χ0) is 12.3. The fourth-order valence-corrected chi connectivity index (χ4v) is 2.58. The first-order valence-corrected chi connectivity index (χ1v) is 6.44. The van der Waals surface area contributed by atoms with E-state index in [2.05, 4.69) is 22.9 Å². The Morgan fingerprint density at radius 1 is 1.53 bits per heavy atom. The van der Waals surface area contributed by atoms with Gasteiger partial charge in [0.1, 0.15) is 0 Å². The van der Waals surface area contributed by atoms with E-state index in [1.165, 1.54) is 12.8 Å². The molecule has 0 radical (unpaired) electrons. The lowest BCUT2D eigenvalue weighted by atomic mass is 9.90. The van der Waals surface area contributed by atoms with E-state index in [0.29, 0.717) is 25.3 Å². The Morgan fingerprint density at radius 2 is 2.35 bits per heavy atom. The standard InChI is InChI=1S/C12H21N3O2/c1-8-3-2-4-13-10(8)6-12(17)15-9-5-11(16)14-7-9/h8-10,13H,2-7H2,1H3,(H,14,16)(H,15,17). The monoisotopic (exact) mass is 239 g/mol.